The lowest BCUT2D eigenvalue weighted by Crippen LogP contribution is -2.37. The number of carbonyl (C=O) groups excluding carboxylic acids is 4. The molecule has 11 heteroatoms. The van der Waals surface area contributed by atoms with Gasteiger partial charge < -0.3 is 33.9 Å². The Hall–Kier alpha value is -6.30. The van der Waals surface area contributed by atoms with Gasteiger partial charge in [-0.25, -0.2) is 14.4 Å². The Labute approximate surface area is 310 Å². The summed E-state index contributed by atoms with van der Waals surface area (Å²) >= 11 is 0. The van der Waals surface area contributed by atoms with Crippen LogP contribution >= 0.6 is 0 Å². The Balaban J connectivity index is 0.981. The van der Waals surface area contributed by atoms with Gasteiger partial charge >= 0.3 is 17.9 Å². The van der Waals surface area contributed by atoms with E-state index in [1.165, 1.54) is 24.3 Å². The van der Waals surface area contributed by atoms with Crippen LogP contribution in [0.4, 0.5) is 0 Å². The van der Waals surface area contributed by atoms with Gasteiger partial charge in [0.15, 0.2) is 17.0 Å². The summed E-state index contributed by atoms with van der Waals surface area (Å²) in [6, 6.07) is 34.7. The van der Waals surface area contributed by atoms with Crippen molar-refractivity contribution >= 4 is 23.7 Å². The van der Waals surface area contributed by atoms with Crippen molar-refractivity contribution in [3.8, 4) is 11.5 Å². The Morgan fingerprint density at radius 2 is 1.06 bits per heavy atom. The number of fused-ring (bicyclic) bond motifs is 2. The molecule has 0 bridgehead atoms. The van der Waals surface area contributed by atoms with E-state index >= 15 is 0 Å². The molecule has 2 N–H and O–H groups in total. The summed E-state index contributed by atoms with van der Waals surface area (Å²) in [5.41, 5.74) is 0.302. The van der Waals surface area contributed by atoms with Gasteiger partial charge in [-0.3, -0.25) is 4.79 Å². The molecule has 0 spiro atoms. The lowest BCUT2D eigenvalue weighted by Gasteiger charge is -2.26. The van der Waals surface area contributed by atoms with Crippen LogP contribution in [0, 0.1) is 0 Å². The van der Waals surface area contributed by atoms with Gasteiger partial charge in [-0.05, 0) is 35.4 Å². The van der Waals surface area contributed by atoms with E-state index in [4.69, 9.17) is 23.7 Å². The zero-order chi connectivity index (χ0) is 37.7. The molecule has 0 saturated heterocycles. The molecule has 5 aromatic carbocycles. The van der Waals surface area contributed by atoms with Gasteiger partial charge in [0, 0.05) is 29.5 Å². The number of hydrogen-bond acceptors (Lipinski definition) is 11. The minimum Gasteiger partial charge on any atom is -0.488 e. The van der Waals surface area contributed by atoms with Gasteiger partial charge in [0.05, 0.1) is 18.8 Å². The maximum Gasteiger partial charge on any atom is 0.343 e. The van der Waals surface area contributed by atoms with E-state index in [1.54, 1.807) is 36.4 Å². The van der Waals surface area contributed by atoms with Crippen LogP contribution in [0.2, 0.25) is 0 Å². The van der Waals surface area contributed by atoms with Gasteiger partial charge in [0.2, 0.25) is 0 Å². The number of aliphatic hydroxyl groups excluding tert-OH is 2. The first-order valence-corrected chi connectivity index (χ1v) is 17.3. The summed E-state index contributed by atoms with van der Waals surface area (Å²) in [7, 11) is 0. The maximum absolute atomic E-state index is 13.3. The second-order valence-electron chi connectivity index (χ2n) is 13.1. The van der Waals surface area contributed by atoms with Crippen molar-refractivity contribution in [2.75, 3.05) is 19.8 Å². The van der Waals surface area contributed by atoms with Crippen molar-refractivity contribution in [1.29, 1.82) is 0 Å². The zero-order valence-corrected chi connectivity index (χ0v) is 29.1. The molecule has 0 unspecified atom stereocenters. The second kappa shape index (κ2) is 15.4. The largest absolute Gasteiger partial charge is 0.488 e. The summed E-state index contributed by atoms with van der Waals surface area (Å²) in [5.74, 6) is -1.82. The fraction of sp³-hybridized carbons (Fsp3) is 0.209. The molecular weight excluding hydrogens is 692 g/mol. The molecule has 0 radical (unpaired) electrons. The third-order valence-electron chi connectivity index (χ3n) is 9.64. The first-order valence-electron chi connectivity index (χ1n) is 17.3. The van der Waals surface area contributed by atoms with E-state index in [0.29, 0.717) is 16.9 Å². The lowest BCUT2D eigenvalue weighted by molar-refractivity contribution is -0.0743. The molecule has 0 aromatic heterocycles. The Bertz CT molecular complexity index is 2030. The number of aliphatic hydroxyl groups is 2. The Morgan fingerprint density at radius 3 is 1.57 bits per heavy atom. The highest BCUT2D eigenvalue weighted by atomic mass is 16.6. The minimum absolute atomic E-state index is 0.00938. The van der Waals surface area contributed by atoms with E-state index in [9.17, 15) is 29.4 Å². The van der Waals surface area contributed by atoms with Crippen LogP contribution in [0.3, 0.4) is 0 Å². The molecule has 2 atom stereocenters. The first-order chi connectivity index (χ1) is 26.3. The van der Waals surface area contributed by atoms with Crippen LogP contribution in [-0.4, -0.2) is 53.7 Å². The molecule has 2 aliphatic rings. The van der Waals surface area contributed by atoms with Crippen LogP contribution in [-0.2, 0) is 38.6 Å². The molecule has 7 rings (SSSR count). The van der Waals surface area contributed by atoms with E-state index in [1.807, 2.05) is 60.7 Å². The van der Waals surface area contributed by atoms with Crippen molar-refractivity contribution in [3.63, 3.8) is 0 Å². The third-order valence-corrected chi connectivity index (χ3v) is 9.64. The average Bonchev–Trinajstić information content (AvgIpc) is 3.68. The van der Waals surface area contributed by atoms with Crippen molar-refractivity contribution in [1.82, 2.24) is 0 Å². The standard InChI is InChI=1S/C43H36O11/c44-25-42(32-13-7-15-35(37(32)40(48)53-42)50-23-28-9-3-1-4-10-28)22-21-34(46)30-17-19-31(20-18-30)39(47)52-27-43(26-45)33-14-8-16-36(38(33)41(49)54-43)51-24-29-11-5-2-6-12-29/h1-20,44-45H,21-27H2/t42-,43+/m0/s1. The Kier molecular flexibility index (Phi) is 10.3. The maximum atomic E-state index is 13.3. The van der Waals surface area contributed by atoms with Crippen molar-refractivity contribution in [2.45, 2.75) is 37.3 Å². The van der Waals surface area contributed by atoms with Gasteiger partial charge in [0.1, 0.15) is 42.4 Å². The second-order valence-corrected chi connectivity index (χ2v) is 13.1. The molecular formula is C43H36O11. The predicted octanol–water partition coefficient (Wildman–Crippen LogP) is 6.08. The molecule has 0 aliphatic carbocycles. The highest BCUT2D eigenvalue weighted by molar-refractivity contribution is 6.00. The first kappa shape index (κ1) is 36.1. The van der Waals surface area contributed by atoms with Crippen LogP contribution in [0.15, 0.2) is 121 Å². The number of carbonyl (C=O) groups is 4. The molecule has 274 valence electrons. The molecule has 2 heterocycles. The van der Waals surface area contributed by atoms with E-state index in [-0.39, 0.29) is 59.8 Å². The topological polar surface area (TPSA) is 155 Å². The third kappa shape index (κ3) is 7.06. The number of cyclic esters (lactones) is 2. The number of hydrogen-bond donors (Lipinski definition) is 2. The highest BCUT2D eigenvalue weighted by Crippen LogP contribution is 2.44. The van der Waals surface area contributed by atoms with Crippen LogP contribution in [0.5, 0.6) is 11.5 Å². The number of benzene rings is 5. The fourth-order valence-electron chi connectivity index (χ4n) is 6.69. The van der Waals surface area contributed by atoms with E-state index in [0.717, 1.165) is 11.1 Å². The monoisotopic (exact) mass is 728 g/mol. The summed E-state index contributed by atoms with van der Waals surface area (Å²) in [6.45, 7) is -1.21. The van der Waals surface area contributed by atoms with Gasteiger partial charge in [-0.15, -0.1) is 0 Å². The van der Waals surface area contributed by atoms with Crippen molar-refractivity contribution in [2.24, 2.45) is 0 Å². The summed E-state index contributed by atoms with van der Waals surface area (Å²) in [4.78, 5) is 52.4. The lowest BCUT2D eigenvalue weighted by atomic mass is 9.87. The number of rotatable bonds is 15. The van der Waals surface area contributed by atoms with Gasteiger partial charge in [-0.1, -0.05) is 97.1 Å². The minimum atomic E-state index is -1.64. The van der Waals surface area contributed by atoms with Crippen molar-refractivity contribution < 1.29 is 53.1 Å². The number of ether oxygens (including phenoxy) is 5. The van der Waals surface area contributed by atoms with Crippen LogP contribution in [0.25, 0.3) is 0 Å². The van der Waals surface area contributed by atoms with Crippen LogP contribution in [0.1, 0.15) is 76.5 Å². The quantitative estimate of drug-likeness (QED) is 0.0732. The Morgan fingerprint density at radius 1 is 0.574 bits per heavy atom. The van der Waals surface area contributed by atoms with Gasteiger partial charge in [0.25, 0.3) is 0 Å². The van der Waals surface area contributed by atoms with E-state index < -0.39 is 48.9 Å². The number of Topliss-reactive ketones (excluding diaryl/α,β-unsaturated/α-hetero) is 1. The smallest absolute Gasteiger partial charge is 0.343 e. The molecule has 5 aromatic rings. The normalized spacial score (nSPS) is 18.3. The zero-order valence-electron chi connectivity index (χ0n) is 29.1. The van der Waals surface area contributed by atoms with Crippen LogP contribution < -0.4 is 9.47 Å². The summed E-state index contributed by atoms with van der Waals surface area (Å²) < 4.78 is 28.7. The highest BCUT2D eigenvalue weighted by Gasteiger charge is 2.49. The van der Waals surface area contributed by atoms with E-state index in [2.05, 4.69) is 0 Å². The van der Waals surface area contributed by atoms with Crippen molar-refractivity contribution in [3.05, 3.63) is 166 Å². The number of esters is 3. The molecule has 0 amide bonds. The molecule has 54 heavy (non-hydrogen) atoms. The molecule has 11 nitrogen and oxygen atoms in total. The number of ketones is 1. The molecule has 0 saturated carbocycles. The SMILES string of the molecule is O=C(CC[C@@]1(CO)OC(=O)c2c(OCc3ccccc3)cccc21)c1ccc(C(=O)OC[C@@]2(CO)OC(=O)c3c(OCc4ccccc4)cccc32)cc1. The van der Waals surface area contributed by atoms with Gasteiger partial charge in [-0.2, -0.15) is 0 Å². The predicted molar refractivity (Wildman–Crippen MR) is 193 cm³/mol. The summed E-state index contributed by atoms with van der Waals surface area (Å²) in [5, 5.41) is 20.8. The average molecular weight is 729 g/mol. The molecule has 0 fully saturated rings. The molecule has 2 aliphatic heterocycles. The summed E-state index contributed by atoms with van der Waals surface area (Å²) in [6.07, 6.45) is -0.0670. The fourth-order valence-corrected chi connectivity index (χ4v) is 6.69.